The highest BCUT2D eigenvalue weighted by molar-refractivity contribution is 5.96. The standard InChI is InChI=1S/C19H27N5O/c25-19-16-15(7-8-20-19)18(22-17(21-16)13-5-6-13)24-11-3-4-14(12-24)23-9-1-2-10-23/h13-14H,1-12H2,(H,20,25). The number of carbonyl (C=O) groups is 1. The number of nitrogens with zero attached hydrogens (tertiary/aromatic N) is 4. The Morgan fingerprint density at radius 3 is 2.64 bits per heavy atom. The minimum atomic E-state index is -0.0140. The summed E-state index contributed by atoms with van der Waals surface area (Å²) in [7, 11) is 0. The molecule has 2 saturated heterocycles. The molecule has 6 nitrogen and oxygen atoms in total. The molecule has 1 aromatic heterocycles. The Labute approximate surface area is 149 Å². The van der Waals surface area contributed by atoms with E-state index in [1.54, 1.807) is 0 Å². The molecule has 1 saturated carbocycles. The summed E-state index contributed by atoms with van der Waals surface area (Å²) in [5, 5.41) is 2.95. The van der Waals surface area contributed by atoms with Crippen molar-refractivity contribution in [3.05, 3.63) is 17.1 Å². The van der Waals surface area contributed by atoms with Crippen molar-refractivity contribution in [2.24, 2.45) is 0 Å². The summed E-state index contributed by atoms with van der Waals surface area (Å²) in [4.78, 5) is 27.1. The van der Waals surface area contributed by atoms with Gasteiger partial charge in [0.15, 0.2) is 0 Å². The van der Waals surface area contributed by atoms with Crippen LogP contribution < -0.4 is 10.2 Å². The van der Waals surface area contributed by atoms with Crippen molar-refractivity contribution in [2.45, 2.75) is 56.9 Å². The van der Waals surface area contributed by atoms with E-state index in [4.69, 9.17) is 4.98 Å². The van der Waals surface area contributed by atoms with Crippen LogP contribution in [0.1, 0.15) is 66.3 Å². The predicted molar refractivity (Wildman–Crippen MR) is 96.1 cm³/mol. The van der Waals surface area contributed by atoms with Gasteiger partial charge in [-0.3, -0.25) is 9.69 Å². The number of fused-ring (bicyclic) bond motifs is 1. The number of likely N-dealkylation sites (tertiary alicyclic amines) is 1. The zero-order valence-electron chi connectivity index (χ0n) is 14.8. The molecule has 0 radical (unpaired) electrons. The normalized spacial score (nSPS) is 27.3. The third-order valence-corrected chi connectivity index (χ3v) is 6.17. The Morgan fingerprint density at radius 1 is 1.00 bits per heavy atom. The van der Waals surface area contributed by atoms with E-state index in [1.165, 1.54) is 38.8 Å². The lowest BCUT2D eigenvalue weighted by Gasteiger charge is -2.39. The number of anilines is 1. The summed E-state index contributed by atoms with van der Waals surface area (Å²) in [5.41, 5.74) is 1.72. The molecule has 134 valence electrons. The lowest BCUT2D eigenvalue weighted by molar-refractivity contribution is 0.0940. The molecule has 0 bridgehead atoms. The monoisotopic (exact) mass is 341 g/mol. The van der Waals surface area contributed by atoms with Gasteiger partial charge in [-0.1, -0.05) is 0 Å². The second kappa shape index (κ2) is 6.24. The minimum absolute atomic E-state index is 0.0140. The molecule has 1 atom stereocenters. The Balaban J connectivity index is 1.48. The highest BCUT2D eigenvalue weighted by Crippen LogP contribution is 2.40. The van der Waals surface area contributed by atoms with E-state index in [9.17, 15) is 4.79 Å². The van der Waals surface area contributed by atoms with Crippen LogP contribution in [-0.4, -0.2) is 59.5 Å². The molecule has 6 heteroatoms. The predicted octanol–water partition coefficient (Wildman–Crippen LogP) is 1.70. The lowest BCUT2D eigenvalue weighted by Crippen LogP contribution is -2.48. The maximum Gasteiger partial charge on any atom is 0.270 e. The maximum atomic E-state index is 12.4. The zero-order chi connectivity index (χ0) is 16.8. The quantitative estimate of drug-likeness (QED) is 0.907. The van der Waals surface area contributed by atoms with Gasteiger partial charge in [-0.15, -0.1) is 0 Å². The summed E-state index contributed by atoms with van der Waals surface area (Å²) in [6.45, 7) is 5.30. The second-order valence-corrected chi connectivity index (χ2v) is 8.00. The number of hydrogen-bond donors (Lipinski definition) is 1. The van der Waals surface area contributed by atoms with Gasteiger partial charge < -0.3 is 10.2 Å². The number of rotatable bonds is 3. The van der Waals surface area contributed by atoms with Crippen LogP contribution in [0.3, 0.4) is 0 Å². The van der Waals surface area contributed by atoms with Gasteiger partial charge >= 0.3 is 0 Å². The van der Waals surface area contributed by atoms with Crippen molar-refractivity contribution < 1.29 is 4.79 Å². The number of amides is 1. The Kier molecular flexibility index (Phi) is 3.88. The molecule has 1 aromatic rings. The van der Waals surface area contributed by atoms with Crippen LogP contribution in [0.5, 0.6) is 0 Å². The SMILES string of the molecule is O=C1NCCc2c1nc(C1CC1)nc2N1CCCC(N2CCCC2)C1. The molecule has 1 amide bonds. The topological polar surface area (TPSA) is 61.4 Å². The molecular weight excluding hydrogens is 314 g/mol. The van der Waals surface area contributed by atoms with E-state index in [0.717, 1.165) is 49.6 Å². The van der Waals surface area contributed by atoms with Crippen LogP contribution >= 0.6 is 0 Å². The number of carbonyl (C=O) groups excluding carboxylic acids is 1. The largest absolute Gasteiger partial charge is 0.355 e. The fraction of sp³-hybridized carbons (Fsp3) is 0.737. The molecule has 1 unspecified atom stereocenters. The average molecular weight is 341 g/mol. The Morgan fingerprint density at radius 2 is 1.84 bits per heavy atom. The van der Waals surface area contributed by atoms with Crippen molar-refractivity contribution >= 4 is 11.7 Å². The first-order valence-electron chi connectivity index (χ1n) is 9.97. The smallest absolute Gasteiger partial charge is 0.270 e. The van der Waals surface area contributed by atoms with E-state index in [2.05, 4.69) is 20.1 Å². The molecule has 25 heavy (non-hydrogen) atoms. The number of piperidine rings is 1. The van der Waals surface area contributed by atoms with Gasteiger partial charge in [0.25, 0.3) is 5.91 Å². The summed E-state index contributed by atoms with van der Waals surface area (Å²) in [6, 6.07) is 0.642. The van der Waals surface area contributed by atoms with Crippen LogP contribution in [0.4, 0.5) is 5.82 Å². The van der Waals surface area contributed by atoms with Gasteiger partial charge in [0.1, 0.15) is 17.3 Å². The maximum absolute atomic E-state index is 12.4. The first-order chi connectivity index (χ1) is 12.3. The summed E-state index contributed by atoms with van der Waals surface area (Å²) in [5.74, 6) is 2.41. The van der Waals surface area contributed by atoms with Crippen molar-refractivity contribution in [1.29, 1.82) is 0 Å². The van der Waals surface area contributed by atoms with E-state index in [0.29, 0.717) is 24.2 Å². The van der Waals surface area contributed by atoms with Crippen LogP contribution in [0.2, 0.25) is 0 Å². The number of nitrogens with one attached hydrogen (secondary N) is 1. The molecular formula is C19H27N5O. The van der Waals surface area contributed by atoms with Gasteiger partial charge in [0.05, 0.1) is 0 Å². The van der Waals surface area contributed by atoms with Crippen molar-refractivity contribution in [3.8, 4) is 0 Å². The third-order valence-electron chi connectivity index (χ3n) is 6.17. The molecule has 3 fully saturated rings. The van der Waals surface area contributed by atoms with Crippen molar-refractivity contribution in [2.75, 3.05) is 37.6 Å². The average Bonchev–Trinajstić information content (AvgIpc) is 3.35. The summed E-state index contributed by atoms with van der Waals surface area (Å²) < 4.78 is 0. The molecule has 4 aliphatic rings. The van der Waals surface area contributed by atoms with Crippen LogP contribution in [0, 0.1) is 0 Å². The van der Waals surface area contributed by atoms with Gasteiger partial charge in [-0.2, -0.15) is 0 Å². The van der Waals surface area contributed by atoms with Crippen LogP contribution in [-0.2, 0) is 6.42 Å². The Hall–Kier alpha value is -1.69. The van der Waals surface area contributed by atoms with Gasteiger partial charge in [0, 0.05) is 37.2 Å². The fourth-order valence-electron chi connectivity index (χ4n) is 4.63. The molecule has 0 aromatic carbocycles. The number of aromatic nitrogens is 2. The molecule has 5 rings (SSSR count). The van der Waals surface area contributed by atoms with Gasteiger partial charge in [0.2, 0.25) is 0 Å². The summed E-state index contributed by atoms with van der Waals surface area (Å²) >= 11 is 0. The first-order valence-corrected chi connectivity index (χ1v) is 9.97. The lowest BCUT2D eigenvalue weighted by atomic mass is 10.0. The molecule has 1 aliphatic carbocycles. The third kappa shape index (κ3) is 2.90. The second-order valence-electron chi connectivity index (χ2n) is 8.00. The van der Waals surface area contributed by atoms with E-state index < -0.39 is 0 Å². The van der Waals surface area contributed by atoms with E-state index in [1.807, 2.05) is 0 Å². The number of hydrogen-bond acceptors (Lipinski definition) is 5. The Bertz CT molecular complexity index is 681. The van der Waals surface area contributed by atoms with Crippen LogP contribution in [0.25, 0.3) is 0 Å². The minimum Gasteiger partial charge on any atom is -0.355 e. The highest BCUT2D eigenvalue weighted by atomic mass is 16.1. The van der Waals surface area contributed by atoms with Crippen molar-refractivity contribution in [3.63, 3.8) is 0 Å². The van der Waals surface area contributed by atoms with Gasteiger partial charge in [-0.25, -0.2) is 9.97 Å². The molecule has 1 N–H and O–H groups in total. The molecule has 0 spiro atoms. The van der Waals surface area contributed by atoms with Gasteiger partial charge in [-0.05, 0) is 58.0 Å². The van der Waals surface area contributed by atoms with Crippen LogP contribution in [0.15, 0.2) is 0 Å². The summed E-state index contributed by atoms with van der Waals surface area (Å²) in [6.07, 6.45) is 8.36. The zero-order valence-corrected chi connectivity index (χ0v) is 14.8. The highest BCUT2D eigenvalue weighted by Gasteiger charge is 2.34. The molecule has 4 heterocycles. The van der Waals surface area contributed by atoms with E-state index in [-0.39, 0.29) is 5.91 Å². The first kappa shape index (κ1) is 15.6. The van der Waals surface area contributed by atoms with Crippen molar-refractivity contribution in [1.82, 2.24) is 20.2 Å². The molecule has 3 aliphatic heterocycles. The van der Waals surface area contributed by atoms with E-state index >= 15 is 0 Å². The fourth-order valence-corrected chi connectivity index (χ4v) is 4.63.